The predicted octanol–water partition coefficient (Wildman–Crippen LogP) is 3.24. The summed E-state index contributed by atoms with van der Waals surface area (Å²) in [6, 6.07) is 15.1. The zero-order valence-electron chi connectivity index (χ0n) is 15.2. The Morgan fingerprint density at radius 3 is 1.96 bits per heavy atom. The molecule has 0 saturated heterocycles. The molecule has 1 N–H and O–H groups in total. The van der Waals surface area contributed by atoms with Crippen molar-refractivity contribution in [2.45, 2.75) is 26.8 Å². The van der Waals surface area contributed by atoms with Crippen molar-refractivity contribution in [1.29, 1.82) is 0 Å². The van der Waals surface area contributed by atoms with Gasteiger partial charge in [-0.3, -0.25) is 9.59 Å². The molecule has 2 aromatic rings. The lowest BCUT2D eigenvalue weighted by Crippen LogP contribution is -2.38. The summed E-state index contributed by atoms with van der Waals surface area (Å²) in [4.78, 5) is 36.1. The molecular weight excluding hydrogens is 330 g/mol. The maximum absolute atomic E-state index is 12.3. The second kappa shape index (κ2) is 8.94. The third-order valence-electron chi connectivity index (χ3n) is 4.14. The fourth-order valence-corrected chi connectivity index (χ4v) is 2.19. The smallest absolute Gasteiger partial charge is 0.338 e. The molecule has 2 rings (SSSR count). The second-order valence-corrected chi connectivity index (χ2v) is 6.45. The Balaban J connectivity index is 1.92. The summed E-state index contributed by atoms with van der Waals surface area (Å²) in [6.45, 7) is 5.55. The normalized spacial score (nSPS) is 11.7. The maximum Gasteiger partial charge on any atom is 0.338 e. The van der Waals surface area contributed by atoms with Gasteiger partial charge in [-0.05, 0) is 25.0 Å². The Labute approximate surface area is 153 Å². The van der Waals surface area contributed by atoms with E-state index in [0.29, 0.717) is 22.6 Å². The van der Waals surface area contributed by atoms with Gasteiger partial charge < -0.3 is 10.1 Å². The summed E-state index contributed by atoms with van der Waals surface area (Å²) in [7, 11) is 0. The molecule has 0 fully saturated rings. The average Bonchev–Trinajstić information content (AvgIpc) is 2.66. The summed E-state index contributed by atoms with van der Waals surface area (Å²) >= 11 is 0. The maximum atomic E-state index is 12.3. The van der Waals surface area contributed by atoms with E-state index in [0.717, 1.165) is 0 Å². The molecule has 0 radical (unpaired) electrons. The molecular formula is C21H23NO4. The van der Waals surface area contributed by atoms with E-state index >= 15 is 0 Å². The fourth-order valence-electron chi connectivity index (χ4n) is 2.19. The minimum absolute atomic E-state index is 0.00415. The Hall–Kier alpha value is -2.95. The number of carbonyl (C=O) groups excluding carboxylic acids is 3. The third kappa shape index (κ3) is 5.28. The highest BCUT2D eigenvalue weighted by molar-refractivity contribution is 6.09. The van der Waals surface area contributed by atoms with Gasteiger partial charge in [-0.15, -0.1) is 0 Å². The first-order chi connectivity index (χ1) is 12.4. The van der Waals surface area contributed by atoms with Gasteiger partial charge in [0.1, 0.15) is 0 Å². The van der Waals surface area contributed by atoms with Gasteiger partial charge in [0.25, 0.3) is 5.91 Å². The minimum atomic E-state index is -0.601. The van der Waals surface area contributed by atoms with E-state index in [1.165, 1.54) is 12.1 Å². The van der Waals surface area contributed by atoms with E-state index in [2.05, 4.69) is 5.32 Å². The number of carbonyl (C=O) groups is 3. The van der Waals surface area contributed by atoms with Crippen molar-refractivity contribution in [3.63, 3.8) is 0 Å². The third-order valence-corrected chi connectivity index (χ3v) is 4.14. The van der Waals surface area contributed by atoms with Crippen LogP contribution in [-0.4, -0.2) is 30.3 Å². The lowest BCUT2D eigenvalue weighted by molar-refractivity contribution is -0.125. The van der Waals surface area contributed by atoms with Crippen molar-refractivity contribution in [1.82, 2.24) is 5.32 Å². The first-order valence-electron chi connectivity index (χ1n) is 8.54. The number of esters is 1. The van der Waals surface area contributed by atoms with Crippen LogP contribution in [-0.2, 0) is 9.53 Å². The monoisotopic (exact) mass is 353 g/mol. The van der Waals surface area contributed by atoms with Crippen molar-refractivity contribution in [2.24, 2.45) is 5.92 Å². The van der Waals surface area contributed by atoms with Crippen LogP contribution in [0.5, 0.6) is 0 Å². The van der Waals surface area contributed by atoms with E-state index in [-0.39, 0.29) is 24.3 Å². The molecule has 0 spiro atoms. The Morgan fingerprint density at radius 2 is 1.38 bits per heavy atom. The van der Waals surface area contributed by atoms with Crippen molar-refractivity contribution in [2.75, 3.05) is 6.61 Å². The predicted molar refractivity (Wildman–Crippen MR) is 99.0 cm³/mol. The summed E-state index contributed by atoms with van der Waals surface area (Å²) in [5, 5.41) is 2.77. The molecule has 5 heteroatoms. The van der Waals surface area contributed by atoms with Crippen LogP contribution in [0.3, 0.4) is 0 Å². The van der Waals surface area contributed by atoms with Crippen LogP contribution in [0.25, 0.3) is 0 Å². The molecule has 1 atom stereocenters. The largest absolute Gasteiger partial charge is 0.452 e. The molecule has 0 aliphatic rings. The van der Waals surface area contributed by atoms with Gasteiger partial charge in [0, 0.05) is 17.2 Å². The van der Waals surface area contributed by atoms with Crippen LogP contribution in [0, 0.1) is 5.92 Å². The molecule has 0 aliphatic heterocycles. The summed E-state index contributed by atoms with van der Waals surface area (Å²) in [6.07, 6.45) is 0. The quantitative estimate of drug-likeness (QED) is 0.613. The average molecular weight is 353 g/mol. The van der Waals surface area contributed by atoms with E-state index in [4.69, 9.17) is 4.74 Å². The lowest BCUT2D eigenvalue weighted by Gasteiger charge is -2.17. The molecule has 0 saturated carbocycles. The number of rotatable bonds is 7. The molecule has 1 amide bonds. The number of ketones is 1. The zero-order valence-corrected chi connectivity index (χ0v) is 15.2. The highest BCUT2D eigenvalue weighted by Crippen LogP contribution is 2.12. The van der Waals surface area contributed by atoms with Gasteiger partial charge in [0.2, 0.25) is 0 Å². The van der Waals surface area contributed by atoms with Gasteiger partial charge in [0.15, 0.2) is 12.4 Å². The van der Waals surface area contributed by atoms with Crippen LogP contribution >= 0.6 is 0 Å². The highest BCUT2D eigenvalue weighted by Gasteiger charge is 2.15. The van der Waals surface area contributed by atoms with Crippen molar-refractivity contribution in [3.8, 4) is 0 Å². The topological polar surface area (TPSA) is 72.5 Å². The molecule has 0 bridgehead atoms. The Kier molecular flexibility index (Phi) is 6.67. The summed E-state index contributed by atoms with van der Waals surface area (Å²) in [5.74, 6) is -0.761. The zero-order chi connectivity index (χ0) is 19.1. The van der Waals surface area contributed by atoms with E-state index in [9.17, 15) is 14.4 Å². The summed E-state index contributed by atoms with van der Waals surface area (Å²) < 4.78 is 5.02. The molecule has 0 aromatic heterocycles. The fraction of sp³-hybridized carbons (Fsp3) is 0.286. The van der Waals surface area contributed by atoms with Gasteiger partial charge in [0.05, 0.1) is 5.56 Å². The van der Waals surface area contributed by atoms with Crippen LogP contribution in [0.15, 0.2) is 54.6 Å². The second-order valence-electron chi connectivity index (χ2n) is 6.45. The van der Waals surface area contributed by atoms with E-state index < -0.39 is 5.97 Å². The van der Waals surface area contributed by atoms with Gasteiger partial charge in [-0.1, -0.05) is 56.3 Å². The van der Waals surface area contributed by atoms with E-state index in [1.54, 1.807) is 36.4 Å². The van der Waals surface area contributed by atoms with Gasteiger partial charge >= 0.3 is 5.97 Å². The SMILES string of the molecule is CC(C)C(C)NC(=O)COC(=O)c1ccc(C(=O)c2ccccc2)cc1. The molecule has 0 heterocycles. The molecule has 2 aromatic carbocycles. The first kappa shape index (κ1) is 19.4. The molecule has 1 unspecified atom stereocenters. The van der Waals surface area contributed by atoms with Crippen LogP contribution < -0.4 is 5.32 Å². The summed E-state index contributed by atoms with van der Waals surface area (Å²) in [5.41, 5.74) is 1.36. The van der Waals surface area contributed by atoms with Crippen LogP contribution in [0.4, 0.5) is 0 Å². The number of nitrogens with one attached hydrogen (secondary N) is 1. The highest BCUT2D eigenvalue weighted by atomic mass is 16.5. The number of ether oxygens (including phenoxy) is 1. The minimum Gasteiger partial charge on any atom is -0.452 e. The Morgan fingerprint density at radius 1 is 0.846 bits per heavy atom. The molecule has 0 aliphatic carbocycles. The molecule has 5 nitrogen and oxygen atoms in total. The lowest BCUT2D eigenvalue weighted by atomic mass is 10.0. The van der Waals surface area contributed by atoms with Crippen molar-refractivity contribution < 1.29 is 19.1 Å². The molecule has 26 heavy (non-hydrogen) atoms. The van der Waals surface area contributed by atoms with Crippen molar-refractivity contribution >= 4 is 17.7 Å². The number of hydrogen-bond donors (Lipinski definition) is 1. The van der Waals surface area contributed by atoms with Crippen LogP contribution in [0.1, 0.15) is 47.1 Å². The number of benzene rings is 2. The number of hydrogen-bond acceptors (Lipinski definition) is 4. The first-order valence-corrected chi connectivity index (χ1v) is 8.54. The number of amides is 1. The van der Waals surface area contributed by atoms with Crippen molar-refractivity contribution in [3.05, 3.63) is 71.3 Å². The van der Waals surface area contributed by atoms with E-state index in [1.807, 2.05) is 26.8 Å². The molecule has 136 valence electrons. The Bertz CT molecular complexity index is 766. The standard InChI is InChI=1S/C21H23NO4/c1-14(2)15(3)22-19(23)13-26-21(25)18-11-9-17(10-12-18)20(24)16-7-5-4-6-8-16/h4-12,14-15H,13H2,1-3H3,(H,22,23). The van der Waals surface area contributed by atoms with Gasteiger partial charge in [-0.2, -0.15) is 0 Å². The van der Waals surface area contributed by atoms with Crippen LogP contribution in [0.2, 0.25) is 0 Å². The van der Waals surface area contributed by atoms with Gasteiger partial charge in [-0.25, -0.2) is 4.79 Å².